The van der Waals surface area contributed by atoms with Crippen LogP contribution >= 0.6 is 11.8 Å². The molecular formula is C14H21N3O3S. The zero-order valence-electron chi connectivity index (χ0n) is 12.3. The van der Waals surface area contributed by atoms with Crippen LogP contribution in [-0.4, -0.2) is 38.3 Å². The predicted octanol–water partition coefficient (Wildman–Crippen LogP) is 2.39. The van der Waals surface area contributed by atoms with Crippen LogP contribution in [0.4, 0.5) is 5.82 Å². The fourth-order valence-electron chi connectivity index (χ4n) is 2.23. The van der Waals surface area contributed by atoms with Gasteiger partial charge in [-0.1, -0.05) is 0 Å². The van der Waals surface area contributed by atoms with Crippen LogP contribution < -0.4 is 5.32 Å². The first kappa shape index (κ1) is 15.9. The van der Waals surface area contributed by atoms with Crippen molar-refractivity contribution in [2.45, 2.75) is 39.2 Å². The minimum absolute atomic E-state index is 0.0729. The highest BCUT2D eigenvalue weighted by atomic mass is 32.2. The summed E-state index contributed by atoms with van der Waals surface area (Å²) in [7, 11) is 0. The number of nitrogens with one attached hydrogen (secondary N) is 1. The lowest BCUT2D eigenvalue weighted by Gasteiger charge is -2.13. The molecule has 1 aliphatic rings. The zero-order valence-corrected chi connectivity index (χ0v) is 13.2. The molecule has 0 radical (unpaired) electrons. The van der Waals surface area contributed by atoms with Crippen LogP contribution in [-0.2, 0) is 9.59 Å². The molecule has 6 nitrogen and oxygen atoms in total. The van der Waals surface area contributed by atoms with Crippen LogP contribution in [0.2, 0.25) is 0 Å². The monoisotopic (exact) mass is 311 g/mol. The molecule has 0 aliphatic heterocycles. The second-order valence-electron chi connectivity index (χ2n) is 5.87. The van der Waals surface area contributed by atoms with Crippen molar-refractivity contribution in [2.75, 3.05) is 16.8 Å². The Bertz CT molecular complexity index is 523. The maximum atomic E-state index is 11.9. The van der Waals surface area contributed by atoms with Gasteiger partial charge in [0.25, 0.3) is 0 Å². The van der Waals surface area contributed by atoms with Gasteiger partial charge in [-0.2, -0.15) is 16.9 Å². The molecule has 1 aromatic heterocycles. The van der Waals surface area contributed by atoms with Crippen LogP contribution in [0.3, 0.4) is 0 Å². The van der Waals surface area contributed by atoms with E-state index in [0.29, 0.717) is 11.6 Å². The minimum atomic E-state index is -0.751. The van der Waals surface area contributed by atoms with E-state index in [2.05, 4.69) is 10.4 Å². The highest BCUT2D eigenvalue weighted by Crippen LogP contribution is 2.50. The van der Waals surface area contributed by atoms with Gasteiger partial charge in [-0.15, -0.1) is 0 Å². The van der Waals surface area contributed by atoms with E-state index in [4.69, 9.17) is 5.11 Å². The zero-order chi connectivity index (χ0) is 15.5. The lowest BCUT2D eigenvalue weighted by molar-refractivity contribution is -0.138. The molecule has 0 aromatic carbocycles. The van der Waals surface area contributed by atoms with Crippen molar-refractivity contribution < 1.29 is 14.7 Å². The molecule has 1 heterocycles. The molecule has 1 saturated carbocycles. The van der Waals surface area contributed by atoms with Gasteiger partial charge in [-0.05, 0) is 37.9 Å². The number of aliphatic carboxylic acids is 1. The van der Waals surface area contributed by atoms with Crippen LogP contribution in [0.1, 0.15) is 39.2 Å². The number of carbonyl (C=O) groups is 2. The van der Waals surface area contributed by atoms with Gasteiger partial charge >= 0.3 is 5.97 Å². The summed E-state index contributed by atoms with van der Waals surface area (Å²) in [4.78, 5) is 22.7. The number of hydrogen-bond acceptors (Lipinski definition) is 4. The molecule has 0 unspecified atom stereocenters. The highest BCUT2D eigenvalue weighted by Gasteiger charge is 2.44. The van der Waals surface area contributed by atoms with Crippen molar-refractivity contribution in [3.05, 3.63) is 12.3 Å². The molecule has 2 rings (SSSR count). The summed E-state index contributed by atoms with van der Waals surface area (Å²) in [6.07, 6.45) is 3.78. The Hall–Kier alpha value is -1.50. The molecule has 0 atom stereocenters. The minimum Gasteiger partial charge on any atom is -0.481 e. The predicted molar refractivity (Wildman–Crippen MR) is 82.5 cm³/mol. The average molecular weight is 311 g/mol. The fourth-order valence-corrected chi connectivity index (χ4v) is 3.42. The number of rotatable bonds is 8. The Labute approximate surface area is 128 Å². The number of carboxylic acids is 1. The van der Waals surface area contributed by atoms with Crippen molar-refractivity contribution in [1.29, 1.82) is 0 Å². The molecule has 1 amide bonds. The lowest BCUT2D eigenvalue weighted by Crippen LogP contribution is -2.19. The van der Waals surface area contributed by atoms with E-state index in [9.17, 15) is 9.59 Å². The lowest BCUT2D eigenvalue weighted by atomic mass is 10.1. The number of nitrogens with zero attached hydrogens (tertiary/aromatic N) is 2. The topological polar surface area (TPSA) is 84.2 Å². The number of aromatic nitrogens is 2. The van der Waals surface area contributed by atoms with Crippen LogP contribution in [0.15, 0.2) is 12.3 Å². The van der Waals surface area contributed by atoms with Gasteiger partial charge < -0.3 is 10.4 Å². The first-order valence-electron chi connectivity index (χ1n) is 7.05. The molecule has 2 N–H and O–H groups in total. The number of hydrogen-bond donors (Lipinski definition) is 2. The number of carboxylic acid groups (broad SMARTS) is 1. The summed E-state index contributed by atoms with van der Waals surface area (Å²) in [6.45, 7) is 4.00. The van der Waals surface area contributed by atoms with E-state index in [-0.39, 0.29) is 23.8 Å². The van der Waals surface area contributed by atoms with Crippen molar-refractivity contribution in [3.63, 3.8) is 0 Å². The molecular weight excluding hydrogens is 290 g/mol. The normalized spacial score (nSPS) is 16.0. The molecule has 7 heteroatoms. The number of carbonyl (C=O) groups excluding carboxylic acids is 1. The SMILES string of the molecule is CC(C)n1nccc1NC(=O)CSCC1(CC(=O)O)CC1. The Morgan fingerprint density at radius 1 is 1.52 bits per heavy atom. The van der Waals surface area contributed by atoms with E-state index in [0.717, 1.165) is 18.6 Å². The van der Waals surface area contributed by atoms with E-state index in [1.54, 1.807) is 16.9 Å². The summed E-state index contributed by atoms with van der Waals surface area (Å²) in [5, 5.41) is 15.9. The number of anilines is 1. The molecule has 116 valence electrons. The molecule has 1 fully saturated rings. The quantitative estimate of drug-likeness (QED) is 0.770. The first-order chi connectivity index (χ1) is 9.92. The van der Waals surface area contributed by atoms with E-state index in [1.807, 2.05) is 13.8 Å². The summed E-state index contributed by atoms with van der Waals surface area (Å²) >= 11 is 1.50. The molecule has 0 spiro atoms. The van der Waals surface area contributed by atoms with Gasteiger partial charge in [-0.25, -0.2) is 4.68 Å². The van der Waals surface area contributed by atoms with Gasteiger partial charge in [0.2, 0.25) is 5.91 Å². The second-order valence-corrected chi connectivity index (χ2v) is 6.85. The summed E-state index contributed by atoms with van der Waals surface area (Å²) in [5.41, 5.74) is -0.0729. The molecule has 1 aliphatic carbocycles. The van der Waals surface area contributed by atoms with E-state index < -0.39 is 5.97 Å². The van der Waals surface area contributed by atoms with Crippen molar-refractivity contribution in [3.8, 4) is 0 Å². The summed E-state index contributed by atoms with van der Waals surface area (Å²) < 4.78 is 1.76. The second kappa shape index (κ2) is 6.51. The molecule has 1 aromatic rings. The van der Waals surface area contributed by atoms with E-state index >= 15 is 0 Å². The molecule has 21 heavy (non-hydrogen) atoms. The van der Waals surface area contributed by atoms with Gasteiger partial charge in [0.05, 0.1) is 18.4 Å². The largest absolute Gasteiger partial charge is 0.481 e. The maximum Gasteiger partial charge on any atom is 0.303 e. The highest BCUT2D eigenvalue weighted by molar-refractivity contribution is 8.00. The average Bonchev–Trinajstić information content (AvgIpc) is 2.96. The number of amides is 1. The van der Waals surface area contributed by atoms with Gasteiger partial charge in [0, 0.05) is 12.1 Å². The first-order valence-corrected chi connectivity index (χ1v) is 8.20. The van der Waals surface area contributed by atoms with Gasteiger partial charge in [0.15, 0.2) is 0 Å². The summed E-state index contributed by atoms with van der Waals surface area (Å²) in [6, 6.07) is 1.96. The molecule has 0 saturated heterocycles. The number of thioether (sulfide) groups is 1. The Morgan fingerprint density at radius 3 is 2.81 bits per heavy atom. The third-order valence-electron chi connectivity index (χ3n) is 3.55. The standard InChI is InChI=1S/C14H21N3O3S/c1-10(2)17-11(3-6-15-17)16-12(18)8-21-9-14(4-5-14)7-13(19)20/h3,6,10H,4-5,7-9H2,1-2H3,(H,16,18)(H,19,20). The third kappa shape index (κ3) is 4.49. The third-order valence-corrected chi connectivity index (χ3v) is 4.83. The van der Waals surface area contributed by atoms with Crippen LogP contribution in [0, 0.1) is 5.41 Å². The van der Waals surface area contributed by atoms with E-state index in [1.165, 1.54) is 11.8 Å². The smallest absolute Gasteiger partial charge is 0.303 e. The van der Waals surface area contributed by atoms with Crippen LogP contribution in [0.5, 0.6) is 0 Å². The van der Waals surface area contributed by atoms with Gasteiger partial charge in [-0.3, -0.25) is 9.59 Å². The van der Waals surface area contributed by atoms with Crippen molar-refractivity contribution >= 4 is 29.5 Å². The van der Waals surface area contributed by atoms with Crippen LogP contribution in [0.25, 0.3) is 0 Å². The van der Waals surface area contributed by atoms with Crippen molar-refractivity contribution in [2.24, 2.45) is 5.41 Å². The van der Waals surface area contributed by atoms with Crippen molar-refractivity contribution in [1.82, 2.24) is 9.78 Å². The maximum absolute atomic E-state index is 11.9. The Balaban J connectivity index is 1.75. The Morgan fingerprint density at radius 2 is 2.24 bits per heavy atom. The molecule has 0 bridgehead atoms. The van der Waals surface area contributed by atoms with Gasteiger partial charge in [0.1, 0.15) is 5.82 Å². The Kier molecular flexibility index (Phi) is 4.92. The summed E-state index contributed by atoms with van der Waals surface area (Å²) in [5.74, 6) is 0.940. The fraction of sp³-hybridized carbons (Fsp3) is 0.643.